The van der Waals surface area contributed by atoms with Crippen LogP contribution in [0.1, 0.15) is 6.42 Å². The zero-order valence-corrected chi connectivity index (χ0v) is 5.80. The molecule has 2 aliphatic heterocycles. The van der Waals surface area contributed by atoms with Gasteiger partial charge in [0, 0.05) is 17.0 Å². The fourth-order valence-corrected chi connectivity index (χ4v) is 1.26. The van der Waals surface area contributed by atoms with Crippen LogP contribution in [0.3, 0.4) is 0 Å². The number of aliphatic imine (C=N–C) groups is 1. The molecule has 2 nitrogen and oxygen atoms in total. The Kier molecular flexibility index (Phi) is 1.31. The van der Waals surface area contributed by atoms with Crippen molar-refractivity contribution in [3.8, 4) is 0 Å². The van der Waals surface area contributed by atoms with Gasteiger partial charge in [-0.25, -0.2) is 0 Å². The van der Waals surface area contributed by atoms with E-state index in [0.29, 0.717) is 0 Å². The largest absolute Gasteiger partial charge is 0.381 e. The molecule has 0 aromatic rings. The van der Waals surface area contributed by atoms with E-state index in [1.165, 1.54) is 11.3 Å². The summed E-state index contributed by atoms with van der Waals surface area (Å²) in [5.41, 5.74) is 2.53. The number of allylic oxidation sites excluding steroid dienone is 1. The molecule has 1 N–H and O–H groups in total. The smallest absolute Gasteiger partial charge is 0.272 e. The molecule has 10 heavy (non-hydrogen) atoms. The van der Waals surface area contributed by atoms with Gasteiger partial charge < -0.3 is 5.32 Å². The van der Waals surface area contributed by atoms with Crippen molar-refractivity contribution in [3.63, 3.8) is 0 Å². The van der Waals surface area contributed by atoms with E-state index >= 15 is 0 Å². The van der Waals surface area contributed by atoms with Crippen molar-refractivity contribution in [1.29, 1.82) is 0 Å². The maximum absolute atomic E-state index is 4.39. The average molecular weight is 134 g/mol. The zero-order valence-electron chi connectivity index (χ0n) is 5.80. The molecule has 0 saturated carbocycles. The second kappa shape index (κ2) is 2.29. The molecule has 1 radical (unpaired) electrons. The van der Waals surface area contributed by atoms with Crippen LogP contribution in [0, 0.1) is 0 Å². The number of hydrogen-bond acceptors (Lipinski definition) is 2. The van der Waals surface area contributed by atoms with Crippen LogP contribution in [0.25, 0.3) is 0 Å². The predicted octanol–water partition coefficient (Wildman–Crippen LogP) is 0.210. The second-order valence-corrected chi connectivity index (χ2v) is 2.49. The first-order valence-corrected chi connectivity index (χ1v) is 3.60. The summed E-state index contributed by atoms with van der Waals surface area (Å²) in [6, 6.07) is 0. The Labute approximate surface area is 60.3 Å². The number of dihydropyridines is 1. The molecular formula is C8H10N2+. The van der Waals surface area contributed by atoms with Gasteiger partial charge in [0.2, 0.25) is 6.54 Å². The highest BCUT2D eigenvalue weighted by Gasteiger charge is 2.20. The van der Waals surface area contributed by atoms with Gasteiger partial charge in [-0.3, -0.25) is 0 Å². The van der Waals surface area contributed by atoms with E-state index in [1.54, 1.807) is 0 Å². The minimum atomic E-state index is 0.905. The fourth-order valence-electron chi connectivity index (χ4n) is 1.26. The molecule has 0 aromatic heterocycles. The number of nitrogens with zero attached hydrogens (tertiary/aromatic N) is 1. The van der Waals surface area contributed by atoms with Crippen LogP contribution in [0.4, 0.5) is 0 Å². The summed E-state index contributed by atoms with van der Waals surface area (Å²) >= 11 is 0. The molecule has 0 atom stereocenters. The molecule has 0 unspecified atom stereocenters. The van der Waals surface area contributed by atoms with Crippen molar-refractivity contribution in [3.05, 3.63) is 23.9 Å². The summed E-state index contributed by atoms with van der Waals surface area (Å²) in [5, 5.41) is 3.13. The van der Waals surface area contributed by atoms with Crippen molar-refractivity contribution in [2.45, 2.75) is 6.42 Å². The highest BCUT2D eigenvalue weighted by Crippen LogP contribution is 2.06. The summed E-state index contributed by atoms with van der Waals surface area (Å²) in [6.45, 7) is 1.87. The highest BCUT2D eigenvalue weighted by atomic mass is 14.9. The van der Waals surface area contributed by atoms with Crippen molar-refractivity contribution in [2.75, 3.05) is 13.1 Å². The van der Waals surface area contributed by atoms with Gasteiger partial charge >= 0.3 is 0 Å². The molecule has 2 aliphatic rings. The van der Waals surface area contributed by atoms with Crippen LogP contribution in [0.15, 0.2) is 23.9 Å². The monoisotopic (exact) mass is 134 g/mol. The number of fused-ring (bicyclic) bond motifs is 1. The quantitative estimate of drug-likeness (QED) is 0.503. The van der Waals surface area contributed by atoms with Gasteiger partial charge in [-0.15, -0.1) is 0 Å². The molecule has 0 bridgehead atoms. The van der Waals surface area contributed by atoms with Gasteiger partial charge in [0.05, 0.1) is 0 Å². The van der Waals surface area contributed by atoms with E-state index in [4.69, 9.17) is 0 Å². The molecule has 0 aliphatic carbocycles. The molecule has 0 spiro atoms. The topological polar surface area (TPSA) is 26.1 Å². The van der Waals surface area contributed by atoms with Gasteiger partial charge in [-0.2, -0.15) is 0 Å². The van der Waals surface area contributed by atoms with Crippen molar-refractivity contribution in [2.24, 2.45) is 0 Å². The normalized spacial score (nSPS) is 22.4. The SMILES string of the molecule is C1=CC2=CCC[N+]=C2CN1. The standard InChI is InChI=1S/C8H10N2/c1-2-7-3-5-9-6-8(7)10-4-1/h2-3,5,9H,1,4,6H2/q+1. The Balaban J connectivity index is 2.33. The van der Waals surface area contributed by atoms with Gasteiger partial charge in [0.1, 0.15) is 6.54 Å². The van der Waals surface area contributed by atoms with Gasteiger partial charge in [-0.05, 0) is 12.3 Å². The summed E-state index contributed by atoms with van der Waals surface area (Å²) < 4.78 is 0. The molecule has 0 amide bonds. The predicted molar refractivity (Wildman–Crippen MR) is 41.9 cm³/mol. The second-order valence-electron chi connectivity index (χ2n) is 2.49. The number of rotatable bonds is 0. The summed E-state index contributed by atoms with van der Waals surface area (Å²) in [6.07, 6.45) is 7.42. The Morgan fingerprint density at radius 2 is 2.50 bits per heavy atom. The first-order valence-electron chi connectivity index (χ1n) is 3.60. The van der Waals surface area contributed by atoms with Gasteiger partial charge in [-0.1, -0.05) is 6.08 Å². The Morgan fingerprint density at radius 1 is 1.50 bits per heavy atom. The Hall–Kier alpha value is -1.05. The van der Waals surface area contributed by atoms with Crippen LogP contribution >= 0.6 is 0 Å². The van der Waals surface area contributed by atoms with Crippen molar-refractivity contribution < 1.29 is 0 Å². The van der Waals surface area contributed by atoms with E-state index in [-0.39, 0.29) is 0 Å². The van der Waals surface area contributed by atoms with Crippen LogP contribution in [-0.2, 0) is 0 Å². The van der Waals surface area contributed by atoms with E-state index in [2.05, 4.69) is 22.5 Å². The lowest BCUT2D eigenvalue weighted by molar-refractivity contribution is 0.872. The summed E-state index contributed by atoms with van der Waals surface area (Å²) in [7, 11) is 0. The highest BCUT2D eigenvalue weighted by molar-refractivity contribution is 6.04. The molecule has 0 aromatic carbocycles. The van der Waals surface area contributed by atoms with Crippen LogP contribution in [0.2, 0.25) is 0 Å². The molecular weight excluding hydrogens is 124 g/mol. The maximum Gasteiger partial charge on any atom is 0.272 e. The van der Waals surface area contributed by atoms with E-state index in [0.717, 1.165) is 19.5 Å². The lowest BCUT2D eigenvalue weighted by Crippen LogP contribution is -2.29. The Morgan fingerprint density at radius 3 is 3.40 bits per heavy atom. The first kappa shape index (κ1) is 5.71. The molecule has 2 rings (SSSR count). The maximum atomic E-state index is 4.39. The van der Waals surface area contributed by atoms with Crippen LogP contribution < -0.4 is 10.3 Å². The van der Waals surface area contributed by atoms with Crippen LogP contribution in [0.5, 0.6) is 0 Å². The molecule has 0 saturated heterocycles. The molecule has 2 heterocycles. The summed E-state index contributed by atoms with van der Waals surface area (Å²) in [5.74, 6) is 0. The third-order valence-corrected chi connectivity index (χ3v) is 1.78. The lowest BCUT2D eigenvalue weighted by atomic mass is 10.0. The molecule has 0 fully saturated rings. The fraction of sp³-hybridized carbons (Fsp3) is 0.375. The minimum absolute atomic E-state index is 0.905. The average Bonchev–Trinajstić information content (AvgIpc) is 2.05. The van der Waals surface area contributed by atoms with Crippen molar-refractivity contribution >= 4 is 5.71 Å². The van der Waals surface area contributed by atoms with Gasteiger partial charge in [0.15, 0.2) is 0 Å². The lowest BCUT2D eigenvalue weighted by Gasteiger charge is -2.07. The van der Waals surface area contributed by atoms with Gasteiger partial charge in [0.25, 0.3) is 5.71 Å². The number of nitrogens with one attached hydrogen (secondary N) is 1. The third-order valence-electron chi connectivity index (χ3n) is 1.78. The molecule has 51 valence electrons. The van der Waals surface area contributed by atoms with E-state index in [9.17, 15) is 0 Å². The molecule has 2 heteroatoms. The Bertz CT molecular complexity index is 223. The first-order chi connectivity index (χ1) is 4.97. The van der Waals surface area contributed by atoms with E-state index < -0.39 is 0 Å². The minimum Gasteiger partial charge on any atom is -0.381 e. The van der Waals surface area contributed by atoms with Crippen molar-refractivity contribution in [1.82, 2.24) is 10.3 Å². The number of hydrogen-bond donors (Lipinski definition) is 1. The third kappa shape index (κ3) is 0.856. The summed E-state index contributed by atoms with van der Waals surface area (Å²) in [4.78, 5) is 4.39. The van der Waals surface area contributed by atoms with Crippen LogP contribution in [-0.4, -0.2) is 18.8 Å². The van der Waals surface area contributed by atoms with E-state index in [1.807, 2.05) is 6.20 Å². The zero-order chi connectivity index (χ0) is 6.81.